The largest absolute Gasteiger partial charge is 0.482 e. The van der Waals surface area contributed by atoms with Gasteiger partial charge in [0.1, 0.15) is 5.75 Å². The van der Waals surface area contributed by atoms with Crippen LogP contribution in [0.2, 0.25) is 0 Å². The normalized spacial score (nSPS) is 18.1. The highest BCUT2D eigenvalue weighted by Gasteiger charge is 2.17. The number of nitrogens with zero attached hydrogens (tertiary/aromatic N) is 1. The summed E-state index contributed by atoms with van der Waals surface area (Å²) in [5.74, 6) is 0.290. The molecule has 2 heterocycles. The Bertz CT molecular complexity index is 595. The molecule has 1 aromatic rings. The molecule has 24 heavy (non-hydrogen) atoms. The monoisotopic (exact) mass is 331 g/mol. The molecule has 1 aromatic carbocycles. The Hall–Kier alpha value is -2.08. The first-order valence-corrected chi connectivity index (χ1v) is 8.79. The highest BCUT2D eigenvalue weighted by atomic mass is 16.5. The summed E-state index contributed by atoms with van der Waals surface area (Å²) >= 11 is 0. The molecule has 2 aliphatic rings. The predicted molar refractivity (Wildman–Crippen MR) is 92.4 cm³/mol. The molecule has 0 atom stereocenters. The maximum atomic E-state index is 12.2. The van der Waals surface area contributed by atoms with Gasteiger partial charge < -0.3 is 20.3 Å². The van der Waals surface area contributed by atoms with Gasteiger partial charge in [0, 0.05) is 12.1 Å². The molecule has 2 N–H and O–H groups in total. The van der Waals surface area contributed by atoms with E-state index >= 15 is 0 Å². The first-order chi connectivity index (χ1) is 11.7. The lowest BCUT2D eigenvalue weighted by molar-refractivity contribution is -0.118. The molecule has 0 aromatic heterocycles. The van der Waals surface area contributed by atoms with Gasteiger partial charge in [0.2, 0.25) is 0 Å². The van der Waals surface area contributed by atoms with Crippen LogP contribution >= 0.6 is 0 Å². The van der Waals surface area contributed by atoms with E-state index in [9.17, 15) is 9.59 Å². The van der Waals surface area contributed by atoms with Gasteiger partial charge in [-0.1, -0.05) is 12.8 Å². The van der Waals surface area contributed by atoms with E-state index in [2.05, 4.69) is 15.5 Å². The first kappa shape index (κ1) is 16.8. The van der Waals surface area contributed by atoms with E-state index in [1.54, 1.807) is 18.2 Å². The summed E-state index contributed by atoms with van der Waals surface area (Å²) in [5, 5.41) is 5.67. The topological polar surface area (TPSA) is 70.7 Å². The second-order valence-electron chi connectivity index (χ2n) is 6.41. The Morgan fingerprint density at radius 1 is 1.21 bits per heavy atom. The zero-order valence-corrected chi connectivity index (χ0v) is 14.0. The average molecular weight is 331 g/mol. The highest BCUT2D eigenvalue weighted by Crippen LogP contribution is 2.28. The summed E-state index contributed by atoms with van der Waals surface area (Å²) in [5.41, 5.74) is 1.10. The van der Waals surface area contributed by atoms with Crippen molar-refractivity contribution in [3.8, 4) is 5.75 Å². The van der Waals surface area contributed by atoms with Crippen LogP contribution in [0.1, 0.15) is 42.5 Å². The van der Waals surface area contributed by atoms with Gasteiger partial charge in [0.05, 0.1) is 5.69 Å². The lowest BCUT2D eigenvalue weighted by Gasteiger charge is -2.20. The summed E-state index contributed by atoms with van der Waals surface area (Å²) in [7, 11) is 0. The van der Waals surface area contributed by atoms with E-state index in [0.717, 1.165) is 13.0 Å². The molecule has 130 valence electrons. The fourth-order valence-electron chi connectivity index (χ4n) is 3.19. The van der Waals surface area contributed by atoms with Crippen molar-refractivity contribution in [1.29, 1.82) is 0 Å². The molecule has 3 rings (SSSR count). The third kappa shape index (κ3) is 4.47. The zero-order valence-electron chi connectivity index (χ0n) is 14.0. The minimum atomic E-state index is -0.197. The van der Waals surface area contributed by atoms with Gasteiger partial charge in [-0.2, -0.15) is 0 Å². The zero-order chi connectivity index (χ0) is 16.8. The number of amides is 2. The number of carbonyl (C=O) groups is 2. The van der Waals surface area contributed by atoms with Crippen molar-refractivity contribution in [3.63, 3.8) is 0 Å². The molecule has 2 aliphatic heterocycles. The third-order valence-electron chi connectivity index (χ3n) is 4.51. The Morgan fingerprint density at radius 3 is 2.79 bits per heavy atom. The van der Waals surface area contributed by atoms with E-state index in [0.29, 0.717) is 23.5 Å². The maximum Gasteiger partial charge on any atom is 0.262 e. The van der Waals surface area contributed by atoms with Crippen molar-refractivity contribution in [2.75, 3.05) is 38.1 Å². The van der Waals surface area contributed by atoms with E-state index in [1.165, 1.54) is 38.8 Å². The van der Waals surface area contributed by atoms with Crippen LogP contribution in [0.5, 0.6) is 5.75 Å². The van der Waals surface area contributed by atoms with Crippen molar-refractivity contribution >= 4 is 17.5 Å². The van der Waals surface area contributed by atoms with Gasteiger partial charge in [0.25, 0.3) is 11.8 Å². The minimum absolute atomic E-state index is 0.0229. The molecule has 2 amide bonds. The molecule has 0 bridgehead atoms. The van der Waals surface area contributed by atoms with Crippen LogP contribution in [-0.2, 0) is 4.79 Å². The van der Waals surface area contributed by atoms with Crippen LogP contribution in [-0.4, -0.2) is 49.5 Å². The lowest BCUT2D eigenvalue weighted by atomic mass is 10.1. The average Bonchev–Trinajstić information content (AvgIpc) is 2.86. The van der Waals surface area contributed by atoms with Crippen molar-refractivity contribution in [2.24, 2.45) is 0 Å². The van der Waals surface area contributed by atoms with Crippen molar-refractivity contribution in [2.45, 2.75) is 32.1 Å². The quantitative estimate of drug-likeness (QED) is 0.810. The molecular formula is C18H25N3O3. The smallest absolute Gasteiger partial charge is 0.262 e. The number of likely N-dealkylation sites (tertiary alicyclic amines) is 1. The number of ether oxygens (including phenoxy) is 1. The van der Waals surface area contributed by atoms with E-state index < -0.39 is 0 Å². The van der Waals surface area contributed by atoms with E-state index in [-0.39, 0.29) is 18.4 Å². The molecular weight excluding hydrogens is 306 g/mol. The van der Waals surface area contributed by atoms with Crippen LogP contribution in [0.25, 0.3) is 0 Å². The van der Waals surface area contributed by atoms with Crippen LogP contribution in [0, 0.1) is 0 Å². The molecule has 6 heteroatoms. The SMILES string of the molecule is O=C1COc2ccc(C(=O)NCCCN3CCCCCC3)cc2N1. The number of hydrogen-bond donors (Lipinski definition) is 2. The van der Waals surface area contributed by atoms with Gasteiger partial charge in [-0.15, -0.1) is 0 Å². The third-order valence-corrected chi connectivity index (χ3v) is 4.51. The fourth-order valence-corrected chi connectivity index (χ4v) is 3.19. The fraction of sp³-hybridized carbons (Fsp3) is 0.556. The molecule has 0 spiro atoms. The van der Waals surface area contributed by atoms with E-state index in [4.69, 9.17) is 4.74 Å². The second-order valence-corrected chi connectivity index (χ2v) is 6.41. The summed E-state index contributed by atoms with van der Waals surface area (Å²) in [6.45, 7) is 4.08. The number of carbonyl (C=O) groups excluding carboxylic acids is 2. The number of benzene rings is 1. The molecule has 1 fully saturated rings. The van der Waals surface area contributed by atoms with Crippen LogP contribution in [0.4, 0.5) is 5.69 Å². The first-order valence-electron chi connectivity index (χ1n) is 8.79. The van der Waals surface area contributed by atoms with Crippen LogP contribution in [0.3, 0.4) is 0 Å². The van der Waals surface area contributed by atoms with Crippen LogP contribution in [0.15, 0.2) is 18.2 Å². The van der Waals surface area contributed by atoms with Crippen molar-refractivity contribution in [3.05, 3.63) is 23.8 Å². The molecule has 1 saturated heterocycles. The number of fused-ring (bicyclic) bond motifs is 1. The van der Waals surface area contributed by atoms with Gasteiger partial charge in [-0.25, -0.2) is 0 Å². The summed E-state index contributed by atoms with van der Waals surface area (Å²) < 4.78 is 5.30. The van der Waals surface area contributed by atoms with Crippen molar-refractivity contribution < 1.29 is 14.3 Å². The Kier molecular flexibility index (Phi) is 5.69. The van der Waals surface area contributed by atoms with Crippen LogP contribution < -0.4 is 15.4 Å². The van der Waals surface area contributed by atoms with Crippen molar-refractivity contribution in [1.82, 2.24) is 10.2 Å². The summed E-state index contributed by atoms with van der Waals surface area (Å²) in [6.07, 6.45) is 6.21. The number of anilines is 1. The predicted octanol–water partition coefficient (Wildman–Crippen LogP) is 2.01. The number of nitrogens with one attached hydrogen (secondary N) is 2. The Balaban J connectivity index is 1.45. The molecule has 0 radical (unpaired) electrons. The molecule has 0 unspecified atom stereocenters. The van der Waals surface area contributed by atoms with E-state index in [1.807, 2.05) is 0 Å². The van der Waals surface area contributed by atoms with Gasteiger partial charge in [0.15, 0.2) is 6.61 Å². The number of rotatable bonds is 5. The second kappa shape index (κ2) is 8.15. The summed E-state index contributed by atoms with van der Waals surface area (Å²) in [6, 6.07) is 5.11. The number of hydrogen-bond acceptors (Lipinski definition) is 4. The van der Waals surface area contributed by atoms with Gasteiger partial charge in [-0.3, -0.25) is 9.59 Å². The highest BCUT2D eigenvalue weighted by molar-refractivity contribution is 5.99. The summed E-state index contributed by atoms with van der Waals surface area (Å²) in [4.78, 5) is 26.1. The molecule has 0 saturated carbocycles. The minimum Gasteiger partial charge on any atom is -0.482 e. The van der Waals surface area contributed by atoms with Gasteiger partial charge >= 0.3 is 0 Å². The van der Waals surface area contributed by atoms with Gasteiger partial charge in [-0.05, 0) is 57.1 Å². The Morgan fingerprint density at radius 2 is 2.00 bits per heavy atom. The standard InChI is InChI=1S/C18H25N3O3/c22-17-13-24-16-7-6-14(12-15(16)20-17)18(23)19-8-5-11-21-9-3-1-2-4-10-21/h6-7,12H,1-5,8-11,13H2,(H,19,23)(H,20,22). The maximum absolute atomic E-state index is 12.2. The Labute approximate surface area is 142 Å². The molecule has 6 nitrogen and oxygen atoms in total. The lowest BCUT2D eigenvalue weighted by Crippen LogP contribution is -2.31. The molecule has 0 aliphatic carbocycles.